The summed E-state index contributed by atoms with van der Waals surface area (Å²) in [5, 5.41) is 20.2. The van der Waals surface area contributed by atoms with Gasteiger partial charge in [-0.15, -0.1) is 0 Å². The summed E-state index contributed by atoms with van der Waals surface area (Å²) < 4.78 is 5.62. The molecule has 2 aliphatic rings. The number of hydrogen-bond donors (Lipinski definition) is 2. The maximum Gasteiger partial charge on any atom is 0.409 e. The average Bonchev–Trinajstić information content (AvgIpc) is 3.26. The number of fused-ring (bicyclic) bond motifs is 3. The van der Waals surface area contributed by atoms with Crippen LogP contribution in [-0.2, 0) is 9.53 Å². The van der Waals surface area contributed by atoms with E-state index in [0.29, 0.717) is 0 Å². The van der Waals surface area contributed by atoms with E-state index in [1.807, 2.05) is 24.3 Å². The Labute approximate surface area is 169 Å². The first-order valence-corrected chi connectivity index (χ1v) is 9.80. The van der Waals surface area contributed by atoms with Gasteiger partial charge in [-0.1, -0.05) is 48.5 Å². The van der Waals surface area contributed by atoms with Crippen molar-refractivity contribution in [1.29, 1.82) is 0 Å². The molecule has 1 unspecified atom stereocenters. The molecule has 0 saturated carbocycles. The van der Waals surface area contributed by atoms with Gasteiger partial charge in [-0.3, -0.25) is 4.79 Å². The smallest absolute Gasteiger partial charge is 0.409 e. The monoisotopic (exact) mass is 395 g/mol. The standard InChI is InChI=1S/C23H25NO5/c1-22(2,20(25)26)23(28)11-12-24(14-23)21(27)29-13-19-17-9-5-3-7-15(17)16-8-4-6-10-18(16)19/h3-10,19,28H,11-14H2,1-2H3,(H,25,26). The number of aliphatic carboxylic acids is 1. The largest absolute Gasteiger partial charge is 0.481 e. The Morgan fingerprint density at radius 2 is 1.66 bits per heavy atom. The fourth-order valence-electron chi connectivity index (χ4n) is 4.34. The summed E-state index contributed by atoms with van der Waals surface area (Å²) in [6.45, 7) is 3.38. The van der Waals surface area contributed by atoms with Gasteiger partial charge >= 0.3 is 12.1 Å². The third kappa shape index (κ3) is 3.08. The Morgan fingerprint density at radius 1 is 1.10 bits per heavy atom. The first kappa shape index (κ1) is 19.5. The number of aliphatic hydroxyl groups is 1. The number of carboxylic acids is 1. The third-order valence-electron chi connectivity index (χ3n) is 6.54. The molecular weight excluding hydrogens is 370 g/mol. The Morgan fingerprint density at radius 3 is 2.21 bits per heavy atom. The van der Waals surface area contributed by atoms with Crippen molar-refractivity contribution in [3.63, 3.8) is 0 Å². The molecule has 0 bridgehead atoms. The number of carboxylic acid groups (broad SMARTS) is 1. The molecule has 1 aliphatic carbocycles. The van der Waals surface area contributed by atoms with Crippen molar-refractivity contribution in [3.05, 3.63) is 59.7 Å². The molecule has 1 heterocycles. The summed E-state index contributed by atoms with van der Waals surface area (Å²) >= 11 is 0. The number of nitrogens with zero attached hydrogens (tertiary/aromatic N) is 1. The molecule has 29 heavy (non-hydrogen) atoms. The number of rotatable bonds is 4. The zero-order valence-electron chi connectivity index (χ0n) is 16.6. The van der Waals surface area contributed by atoms with Gasteiger partial charge in [-0.25, -0.2) is 4.79 Å². The Kier molecular flexibility index (Phi) is 4.62. The van der Waals surface area contributed by atoms with Gasteiger partial charge in [0.05, 0.1) is 17.6 Å². The molecule has 1 atom stereocenters. The first-order chi connectivity index (χ1) is 13.7. The van der Waals surface area contributed by atoms with E-state index in [1.54, 1.807) is 0 Å². The molecule has 1 fully saturated rings. The summed E-state index contributed by atoms with van der Waals surface area (Å²) in [6, 6.07) is 16.2. The van der Waals surface area contributed by atoms with E-state index in [1.165, 1.54) is 18.7 Å². The normalized spacial score (nSPS) is 21.0. The summed E-state index contributed by atoms with van der Waals surface area (Å²) in [7, 11) is 0. The Bertz CT molecular complexity index is 924. The molecule has 1 aliphatic heterocycles. The van der Waals surface area contributed by atoms with Crippen molar-refractivity contribution in [1.82, 2.24) is 4.90 Å². The quantitative estimate of drug-likeness (QED) is 0.828. The average molecular weight is 395 g/mol. The number of carbonyl (C=O) groups excluding carboxylic acids is 1. The van der Waals surface area contributed by atoms with E-state index >= 15 is 0 Å². The van der Waals surface area contributed by atoms with Crippen LogP contribution in [0.2, 0.25) is 0 Å². The van der Waals surface area contributed by atoms with Gasteiger partial charge < -0.3 is 19.8 Å². The van der Waals surface area contributed by atoms with Crippen LogP contribution in [-0.4, -0.2) is 52.5 Å². The number of amides is 1. The third-order valence-corrected chi connectivity index (χ3v) is 6.54. The molecule has 2 aromatic rings. The van der Waals surface area contributed by atoms with Crippen molar-refractivity contribution >= 4 is 12.1 Å². The van der Waals surface area contributed by atoms with Crippen LogP contribution in [0.3, 0.4) is 0 Å². The molecule has 152 valence electrons. The van der Waals surface area contributed by atoms with Crippen LogP contribution < -0.4 is 0 Å². The molecule has 4 rings (SSSR count). The second-order valence-corrected chi connectivity index (χ2v) is 8.44. The van der Waals surface area contributed by atoms with Gasteiger partial charge in [0.15, 0.2) is 0 Å². The molecule has 1 amide bonds. The second-order valence-electron chi connectivity index (χ2n) is 8.44. The first-order valence-electron chi connectivity index (χ1n) is 9.80. The molecule has 0 radical (unpaired) electrons. The lowest BCUT2D eigenvalue weighted by molar-refractivity contribution is -0.163. The minimum Gasteiger partial charge on any atom is -0.481 e. The summed E-state index contributed by atoms with van der Waals surface area (Å²) in [6.07, 6.45) is -0.319. The molecule has 0 spiro atoms. The minimum absolute atomic E-state index is 0.0386. The zero-order valence-corrected chi connectivity index (χ0v) is 16.6. The van der Waals surface area contributed by atoms with Crippen LogP contribution in [0, 0.1) is 5.41 Å². The maximum atomic E-state index is 12.7. The summed E-state index contributed by atoms with van der Waals surface area (Å²) in [5.74, 6) is -1.13. The van der Waals surface area contributed by atoms with Crippen molar-refractivity contribution in [2.75, 3.05) is 19.7 Å². The van der Waals surface area contributed by atoms with E-state index in [9.17, 15) is 19.8 Å². The number of ether oxygens (including phenoxy) is 1. The highest BCUT2D eigenvalue weighted by Gasteiger charge is 2.53. The van der Waals surface area contributed by atoms with E-state index < -0.39 is 23.1 Å². The van der Waals surface area contributed by atoms with Gasteiger partial charge in [0.1, 0.15) is 6.61 Å². The predicted molar refractivity (Wildman–Crippen MR) is 108 cm³/mol. The molecule has 0 aromatic heterocycles. The number of likely N-dealkylation sites (tertiary alicyclic amines) is 1. The summed E-state index contributed by atoms with van der Waals surface area (Å²) in [4.78, 5) is 25.6. The van der Waals surface area contributed by atoms with Crippen LogP contribution in [0.5, 0.6) is 0 Å². The van der Waals surface area contributed by atoms with Crippen LogP contribution >= 0.6 is 0 Å². The lowest BCUT2D eigenvalue weighted by atomic mass is 9.74. The molecule has 2 N–H and O–H groups in total. The van der Waals surface area contributed by atoms with Gasteiger partial charge in [0, 0.05) is 12.5 Å². The van der Waals surface area contributed by atoms with Crippen LogP contribution in [0.15, 0.2) is 48.5 Å². The lowest BCUT2D eigenvalue weighted by Crippen LogP contribution is -2.51. The van der Waals surface area contributed by atoms with Gasteiger partial charge in [-0.05, 0) is 42.5 Å². The van der Waals surface area contributed by atoms with Crippen molar-refractivity contribution < 1.29 is 24.5 Å². The van der Waals surface area contributed by atoms with Crippen molar-refractivity contribution in [2.45, 2.75) is 31.8 Å². The van der Waals surface area contributed by atoms with Crippen LogP contribution in [0.1, 0.15) is 37.3 Å². The summed E-state index contributed by atoms with van der Waals surface area (Å²) in [5.41, 5.74) is 1.74. The fourth-order valence-corrected chi connectivity index (χ4v) is 4.34. The highest BCUT2D eigenvalue weighted by molar-refractivity contribution is 5.79. The molecular formula is C23H25NO5. The fraction of sp³-hybridized carbons (Fsp3) is 0.391. The SMILES string of the molecule is CC(C)(C(=O)O)C1(O)CCN(C(=O)OCC2c3ccccc3-c3ccccc32)C1. The molecule has 1 saturated heterocycles. The highest BCUT2D eigenvalue weighted by atomic mass is 16.6. The number of hydrogen-bond acceptors (Lipinski definition) is 4. The number of benzene rings is 2. The minimum atomic E-state index is -1.48. The zero-order chi connectivity index (χ0) is 20.8. The van der Waals surface area contributed by atoms with E-state index in [-0.39, 0.29) is 32.0 Å². The Balaban J connectivity index is 1.47. The Hall–Kier alpha value is -2.86. The lowest BCUT2D eigenvalue weighted by Gasteiger charge is -2.36. The molecule has 6 nitrogen and oxygen atoms in total. The van der Waals surface area contributed by atoms with Gasteiger partial charge in [0.2, 0.25) is 0 Å². The topological polar surface area (TPSA) is 87.1 Å². The van der Waals surface area contributed by atoms with Gasteiger partial charge in [0.25, 0.3) is 0 Å². The number of β-amino-alcohol motifs (C(OH)–C–C–N with tert-alkyl or cyclic N) is 1. The molecule has 2 aromatic carbocycles. The predicted octanol–water partition coefficient (Wildman–Crippen LogP) is 3.48. The van der Waals surface area contributed by atoms with Crippen LogP contribution in [0.25, 0.3) is 11.1 Å². The van der Waals surface area contributed by atoms with Crippen molar-refractivity contribution in [3.8, 4) is 11.1 Å². The van der Waals surface area contributed by atoms with E-state index in [4.69, 9.17) is 4.74 Å². The maximum absolute atomic E-state index is 12.7. The molecule has 6 heteroatoms. The van der Waals surface area contributed by atoms with E-state index in [2.05, 4.69) is 24.3 Å². The van der Waals surface area contributed by atoms with Crippen LogP contribution in [0.4, 0.5) is 4.79 Å². The highest BCUT2D eigenvalue weighted by Crippen LogP contribution is 2.45. The van der Waals surface area contributed by atoms with Gasteiger partial charge in [-0.2, -0.15) is 0 Å². The number of carbonyl (C=O) groups is 2. The second kappa shape index (κ2) is 6.88. The van der Waals surface area contributed by atoms with E-state index in [0.717, 1.165) is 22.3 Å². The van der Waals surface area contributed by atoms with Crippen molar-refractivity contribution in [2.24, 2.45) is 5.41 Å².